The second kappa shape index (κ2) is 9.44. The molecule has 162 valence electrons. The summed E-state index contributed by atoms with van der Waals surface area (Å²) in [7, 11) is 0. The fraction of sp³-hybridized carbons (Fsp3) is 0.520. The van der Waals surface area contributed by atoms with Gasteiger partial charge in [0.1, 0.15) is 0 Å². The van der Waals surface area contributed by atoms with E-state index in [0.717, 1.165) is 64.2 Å². The molecule has 4 nitrogen and oxygen atoms in total. The van der Waals surface area contributed by atoms with Crippen LogP contribution in [0.1, 0.15) is 80.5 Å². The highest BCUT2D eigenvalue weighted by molar-refractivity contribution is 7.16. The summed E-state index contributed by atoms with van der Waals surface area (Å²) < 4.78 is 5.91. The molecule has 0 radical (unpaired) electrons. The van der Waals surface area contributed by atoms with Gasteiger partial charge in [-0.3, -0.25) is 4.98 Å². The molecule has 1 aliphatic carbocycles. The molecule has 1 unspecified atom stereocenters. The van der Waals surface area contributed by atoms with Crippen molar-refractivity contribution >= 4 is 22.9 Å². The van der Waals surface area contributed by atoms with Gasteiger partial charge in [-0.05, 0) is 62.1 Å². The van der Waals surface area contributed by atoms with Crippen LogP contribution in [0.3, 0.4) is 0 Å². The monoisotopic (exact) mass is 427 g/mol. The molecule has 5 heteroatoms. The van der Waals surface area contributed by atoms with Crippen LogP contribution < -0.4 is 0 Å². The fourth-order valence-corrected chi connectivity index (χ4v) is 5.10. The summed E-state index contributed by atoms with van der Waals surface area (Å²) in [5.74, 6) is -0.923. The Kier molecular flexibility index (Phi) is 7.14. The van der Waals surface area contributed by atoms with E-state index in [1.807, 2.05) is 26.1 Å². The van der Waals surface area contributed by atoms with Crippen molar-refractivity contribution in [3.63, 3.8) is 0 Å². The third-order valence-corrected chi connectivity index (χ3v) is 6.98. The highest BCUT2D eigenvalue weighted by atomic mass is 32.1. The van der Waals surface area contributed by atoms with Gasteiger partial charge < -0.3 is 9.84 Å². The van der Waals surface area contributed by atoms with Crippen LogP contribution in [0.2, 0.25) is 0 Å². The number of hydrogen-bond donors (Lipinski definition) is 1. The van der Waals surface area contributed by atoms with Crippen molar-refractivity contribution in [2.24, 2.45) is 5.41 Å². The Hall–Kier alpha value is -1.98. The van der Waals surface area contributed by atoms with Crippen LogP contribution in [-0.2, 0) is 9.53 Å². The van der Waals surface area contributed by atoms with E-state index in [-0.39, 0.29) is 5.41 Å². The highest BCUT2D eigenvalue weighted by Gasteiger charge is 2.33. The molecule has 0 spiro atoms. The van der Waals surface area contributed by atoms with Crippen molar-refractivity contribution in [3.8, 4) is 10.6 Å². The van der Waals surface area contributed by atoms with Gasteiger partial charge in [-0.25, -0.2) is 4.79 Å². The summed E-state index contributed by atoms with van der Waals surface area (Å²) >= 11 is 1.63. The molecule has 2 heterocycles. The average Bonchev–Trinajstić information content (AvgIpc) is 3.02. The quantitative estimate of drug-likeness (QED) is 0.462. The maximum absolute atomic E-state index is 12.2. The van der Waals surface area contributed by atoms with Gasteiger partial charge in [-0.15, -0.1) is 11.3 Å². The van der Waals surface area contributed by atoms with Gasteiger partial charge in [0.25, 0.3) is 0 Å². The number of rotatable bonds is 8. The lowest BCUT2D eigenvalue weighted by atomic mass is 9.76. The number of allylic oxidation sites excluding steroid dienone is 2. The molecule has 1 atom stereocenters. The Morgan fingerprint density at radius 1 is 1.33 bits per heavy atom. The number of nitrogens with zero attached hydrogens (tertiary/aromatic N) is 1. The smallest absolute Gasteiger partial charge is 0.337 e. The van der Waals surface area contributed by atoms with Crippen molar-refractivity contribution in [2.75, 3.05) is 6.61 Å². The van der Waals surface area contributed by atoms with Gasteiger partial charge in [0.15, 0.2) is 6.10 Å². The molecule has 0 aliphatic heterocycles. The first-order valence-corrected chi connectivity index (χ1v) is 11.7. The first-order valence-electron chi connectivity index (χ1n) is 10.8. The van der Waals surface area contributed by atoms with Gasteiger partial charge >= 0.3 is 5.97 Å². The number of aromatic nitrogens is 1. The van der Waals surface area contributed by atoms with Crippen LogP contribution in [0.15, 0.2) is 24.4 Å². The molecule has 2 aromatic rings. The lowest BCUT2D eigenvalue weighted by Gasteiger charge is -2.29. The number of aryl methyl sites for hydroxylation is 2. The zero-order valence-corrected chi connectivity index (χ0v) is 19.6. The molecule has 0 bridgehead atoms. The molecule has 1 aliphatic rings. The average molecular weight is 428 g/mol. The summed E-state index contributed by atoms with van der Waals surface area (Å²) in [6.07, 6.45) is 8.07. The van der Waals surface area contributed by atoms with Crippen LogP contribution >= 0.6 is 11.3 Å². The molecule has 2 aromatic heterocycles. The number of hydrogen-bond acceptors (Lipinski definition) is 4. The minimum atomic E-state index is -0.946. The van der Waals surface area contributed by atoms with Crippen LogP contribution in [0.25, 0.3) is 16.1 Å². The minimum Gasteiger partial charge on any atom is -0.479 e. The van der Waals surface area contributed by atoms with Gasteiger partial charge in [-0.1, -0.05) is 39.3 Å². The van der Waals surface area contributed by atoms with E-state index in [0.29, 0.717) is 6.61 Å². The molecule has 0 fully saturated rings. The number of unbranched alkanes of at least 4 members (excludes halogenated alkanes) is 1. The predicted octanol–water partition coefficient (Wildman–Crippen LogP) is 6.96. The number of carboxylic acids is 1. The maximum Gasteiger partial charge on any atom is 0.337 e. The first kappa shape index (κ1) is 22.7. The van der Waals surface area contributed by atoms with Gasteiger partial charge in [0, 0.05) is 28.8 Å². The number of carbonyl (C=O) groups is 1. The lowest BCUT2D eigenvalue weighted by Crippen LogP contribution is -2.19. The number of pyridine rings is 1. The summed E-state index contributed by atoms with van der Waals surface area (Å²) in [5, 5.41) is 10.0. The summed E-state index contributed by atoms with van der Waals surface area (Å²) in [5.41, 5.74) is 5.37. The van der Waals surface area contributed by atoms with E-state index in [9.17, 15) is 9.90 Å². The number of ether oxygens (including phenoxy) is 1. The SMILES string of the molecule is CCCCOC(C(=O)O)c1c(C)sc(-c2ccc(C)cn2)c1C1=CCC(C)(C)CC1. The van der Waals surface area contributed by atoms with E-state index in [1.165, 1.54) is 5.57 Å². The van der Waals surface area contributed by atoms with Crippen molar-refractivity contribution in [1.82, 2.24) is 4.98 Å². The number of thiophene rings is 1. The van der Waals surface area contributed by atoms with Crippen LogP contribution in [0.5, 0.6) is 0 Å². The second-order valence-corrected chi connectivity index (χ2v) is 10.3. The van der Waals surface area contributed by atoms with Gasteiger partial charge in [0.05, 0.1) is 10.6 Å². The Bertz CT molecular complexity index is 925. The van der Waals surface area contributed by atoms with Crippen molar-refractivity contribution in [1.29, 1.82) is 0 Å². The van der Waals surface area contributed by atoms with E-state index >= 15 is 0 Å². The van der Waals surface area contributed by atoms with E-state index < -0.39 is 12.1 Å². The molecule has 0 saturated carbocycles. The molecule has 0 saturated heterocycles. The van der Waals surface area contributed by atoms with Gasteiger partial charge in [-0.2, -0.15) is 0 Å². The van der Waals surface area contributed by atoms with E-state index in [1.54, 1.807) is 11.3 Å². The Morgan fingerprint density at radius 2 is 2.10 bits per heavy atom. The topological polar surface area (TPSA) is 59.4 Å². The largest absolute Gasteiger partial charge is 0.479 e. The number of aliphatic carboxylic acids is 1. The lowest BCUT2D eigenvalue weighted by molar-refractivity contribution is -0.151. The van der Waals surface area contributed by atoms with E-state index in [2.05, 4.69) is 37.9 Å². The van der Waals surface area contributed by atoms with Crippen LogP contribution in [-0.4, -0.2) is 22.7 Å². The van der Waals surface area contributed by atoms with E-state index in [4.69, 9.17) is 4.74 Å². The first-order chi connectivity index (χ1) is 14.2. The summed E-state index contributed by atoms with van der Waals surface area (Å²) in [6.45, 7) is 11.1. The standard InChI is InChI=1S/C25H33NO3S/c1-6-7-14-29-22(24(27)28)20-17(3)30-23(19-9-8-16(2)15-26-19)21(20)18-10-12-25(4,5)13-11-18/h8-10,15,22H,6-7,11-14H2,1-5H3,(H,27,28). The highest BCUT2D eigenvalue weighted by Crippen LogP contribution is 2.47. The maximum atomic E-state index is 12.2. The minimum absolute atomic E-state index is 0.279. The molecule has 0 aromatic carbocycles. The Balaban J connectivity index is 2.15. The molecule has 0 amide bonds. The third kappa shape index (κ3) is 5.01. The second-order valence-electron chi connectivity index (χ2n) is 9.04. The predicted molar refractivity (Wildman–Crippen MR) is 124 cm³/mol. The van der Waals surface area contributed by atoms with Crippen molar-refractivity contribution in [3.05, 3.63) is 46.0 Å². The molecular weight excluding hydrogens is 394 g/mol. The summed E-state index contributed by atoms with van der Waals surface area (Å²) in [4.78, 5) is 18.9. The zero-order valence-electron chi connectivity index (χ0n) is 18.7. The zero-order chi connectivity index (χ0) is 21.9. The van der Waals surface area contributed by atoms with Crippen molar-refractivity contribution < 1.29 is 14.6 Å². The summed E-state index contributed by atoms with van der Waals surface area (Å²) in [6, 6.07) is 4.10. The number of carboxylic acid groups (broad SMARTS) is 1. The Labute approximate surface area is 184 Å². The van der Waals surface area contributed by atoms with Crippen LogP contribution in [0.4, 0.5) is 0 Å². The Morgan fingerprint density at radius 3 is 2.67 bits per heavy atom. The third-order valence-electron chi connectivity index (χ3n) is 5.84. The molecule has 1 N–H and O–H groups in total. The normalized spacial score (nSPS) is 16.9. The van der Waals surface area contributed by atoms with Crippen molar-refractivity contribution in [2.45, 2.75) is 72.8 Å². The molecular formula is C25H33NO3S. The van der Waals surface area contributed by atoms with Crippen LogP contribution in [0, 0.1) is 19.3 Å². The van der Waals surface area contributed by atoms with Gasteiger partial charge in [0.2, 0.25) is 0 Å². The molecule has 30 heavy (non-hydrogen) atoms. The fourth-order valence-electron chi connectivity index (χ4n) is 3.90. The molecule has 3 rings (SSSR count).